The lowest BCUT2D eigenvalue weighted by atomic mass is 10.1. The molecule has 0 aliphatic rings. The van der Waals surface area contributed by atoms with Crippen LogP contribution in [0.4, 0.5) is 4.79 Å². The molecule has 0 bridgehead atoms. The molecule has 0 aliphatic heterocycles. The molecule has 0 unspecified atom stereocenters. The van der Waals surface area contributed by atoms with E-state index in [0.717, 1.165) is 22.6 Å². The van der Waals surface area contributed by atoms with Gasteiger partial charge in [0.25, 0.3) is 0 Å². The lowest BCUT2D eigenvalue weighted by Gasteiger charge is -2.09. The van der Waals surface area contributed by atoms with Gasteiger partial charge in [-0.1, -0.05) is 24.3 Å². The molecular formula is C23H28N2O6. The fourth-order valence-corrected chi connectivity index (χ4v) is 2.55. The SMILES string of the molecule is CCOc1cc(C=Cc2ccc(OC(=O)OCCNC(=O)CN)cc2)cc(OCC)c1. The van der Waals surface area contributed by atoms with Gasteiger partial charge < -0.3 is 30.0 Å². The van der Waals surface area contributed by atoms with E-state index in [1.807, 2.05) is 56.3 Å². The van der Waals surface area contributed by atoms with Gasteiger partial charge in [-0.15, -0.1) is 0 Å². The van der Waals surface area contributed by atoms with Crippen molar-refractivity contribution in [3.63, 3.8) is 0 Å². The van der Waals surface area contributed by atoms with E-state index < -0.39 is 6.16 Å². The van der Waals surface area contributed by atoms with Crippen LogP contribution in [0.1, 0.15) is 25.0 Å². The van der Waals surface area contributed by atoms with Gasteiger partial charge in [0.05, 0.1) is 26.3 Å². The van der Waals surface area contributed by atoms with E-state index in [1.54, 1.807) is 12.1 Å². The monoisotopic (exact) mass is 428 g/mol. The highest BCUT2D eigenvalue weighted by molar-refractivity contribution is 5.77. The lowest BCUT2D eigenvalue weighted by molar-refractivity contribution is -0.119. The van der Waals surface area contributed by atoms with Gasteiger partial charge in [-0.3, -0.25) is 4.79 Å². The Hall–Kier alpha value is -3.52. The highest BCUT2D eigenvalue weighted by Gasteiger charge is 2.06. The summed E-state index contributed by atoms with van der Waals surface area (Å²) >= 11 is 0. The zero-order chi connectivity index (χ0) is 22.5. The molecule has 0 aliphatic carbocycles. The van der Waals surface area contributed by atoms with E-state index in [1.165, 1.54) is 0 Å². The third-order valence-corrected chi connectivity index (χ3v) is 3.90. The van der Waals surface area contributed by atoms with Gasteiger partial charge in [0.1, 0.15) is 23.9 Å². The molecule has 0 fully saturated rings. The molecule has 0 spiro atoms. The zero-order valence-electron chi connectivity index (χ0n) is 17.8. The molecule has 0 aromatic heterocycles. The Morgan fingerprint density at radius 1 is 0.903 bits per heavy atom. The minimum absolute atomic E-state index is 0.00403. The lowest BCUT2D eigenvalue weighted by Crippen LogP contribution is -2.33. The topological polar surface area (TPSA) is 109 Å². The van der Waals surface area contributed by atoms with Crippen LogP contribution in [0.25, 0.3) is 12.2 Å². The Bertz CT molecular complexity index is 856. The largest absolute Gasteiger partial charge is 0.513 e. The average molecular weight is 428 g/mol. The average Bonchev–Trinajstić information content (AvgIpc) is 2.76. The number of hydrogen-bond acceptors (Lipinski definition) is 7. The molecular weight excluding hydrogens is 400 g/mol. The molecule has 2 aromatic rings. The molecule has 166 valence electrons. The van der Waals surface area contributed by atoms with E-state index in [-0.39, 0.29) is 25.6 Å². The summed E-state index contributed by atoms with van der Waals surface area (Å²) in [5, 5.41) is 2.49. The fourth-order valence-electron chi connectivity index (χ4n) is 2.55. The van der Waals surface area contributed by atoms with Gasteiger partial charge in [0.2, 0.25) is 5.91 Å². The van der Waals surface area contributed by atoms with Crippen LogP contribution in [0, 0.1) is 0 Å². The first-order valence-electron chi connectivity index (χ1n) is 10.0. The number of nitrogens with two attached hydrogens (primary N) is 1. The highest BCUT2D eigenvalue weighted by atomic mass is 16.7. The van der Waals surface area contributed by atoms with Crippen LogP contribution in [0.5, 0.6) is 17.2 Å². The minimum Gasteiger partial charge on any atom is -0.494 e. The van der Waals surface area contributed by atoms with Gasteiger partial charge in [0.15, 0.2) is 0 Å². The molecule has 8 heteroatoms. The molecule has 8 nitrogen and oxygen atoms in total. The second kappa shape index (κ2) is 12.9. The van der Waals surface area contributed by atoms with Crippen molar-refractivity contribution in [3.8, 4) is 17.2 Å². The van der Waals surface area contributed by atoms with Crippen LogP contribution in [0.3, 0.4) is 0 Å². The first-order valence-corrected chi connectivity index (χ1v) is 10.0. The van der Waals surface area contributed by atoms with Crippen molar-refractivity contribution < 1.29 is 28.5 Å². The Morgan fingerprint density at radius 2 is 1.52 bits per heavy atom. The summed E-state index contributed by atoms with van der Waals surface area (Å²) < 4.78 is 21.2. The molecule has 0 radical (unpaired) electrons. The number of amides is 1. The number of carbonyl (C=O) groups excluding carboxylic acids is 2. The van der Waals surface area contributed by atoms with Crippen LogP contribution in [-0.4, -0.2) is 45.0 Å². The molecule has 2 rings (SSSR count). The van der Waals surface area contributed by atoms with E-state index in [0.29, 0.717) is 19.0 Å². The molecule has 1 amide bonds. The Labute approximate surface area is 181 Å². The van der Waals surface area contributed by atoms with Crippen molar-refractivity contribution in [1.29, 1.82) is 0 Å². The highest BCUT2D eigenvalue weighted by Crippen LogP contribution is 2.25. The molecule has 3 N–H and O–H groups in total. The summed E-state index contributed by atoms with van der Waals surface area (Å²) in [5.41, 5.74) is 7.03. The van der Waals surface area contributed by atoms with E-state index >= 15 is 0 Å². The van der Waals surface area contributed by atoms with Crippen LogP contribution in [-0.2, 0) is 9.53 Å². The fraction of sp³-hybridized carbons (Fsp3) is 0.304. The van der Waals surface area contributed by atoms with Crippen molar-refractivity contribution in [1.82, 2.24) is 5.32 Å². The van der Waals surface area contributed by atoms with Gasteiger partial charge in [-0.05, 0) is 49.2 Å². The Kier molecular flexibility index (Phi) is 9.90. The first kappa shape index (κ1) is 23.8. The van der Waals surface area contributed by atoms with E-state index in [4.69, 9.17) is 24.7 Å². The minimum atomic E-state index is -0.846. The van der Waals surface area contributed by atoms with Crippen LogP contribution in [0.15, 0.2) is 42.5 Å². The predicted molar refractivity (Wildman–Crippen MR) is 118 cm³/mol. The number of nitrogens with one attached hydrogen (secondary N) is 1. The van der Waals surface area contributed by atoms with Crippen molar-refractivity contribution in [2.75, 3.05) is 32.9 Å². The quantitative estimate of drug-likeness (QED) is 0.245. The van der Waals surface area contributed by atoms with Crippen LogP contribution in [0.2, 0.25) is 0 Å². The number of hydrogen-bond donors (Lipinski definition) is 2. The van der Waals surface area contributed by atoms with Gasteiger partial charge in [-0.25, -0.2) is 4.79 Å². The summed E-state index contributed by atoms with van der Waals surface area (Å²) in [5.74, 6) is 1.53. The summed E-state index contributed by atoms with van der Waals surface area (Å²) in [6.07, 6.45) is 3.04. The van der Waals surface area contributed by atoms with Gasteiger partial charge in [-0.2, -0.15) is 0 Å². The smallest absolute Gasteiger partial charge is 0.494 e. The number of benzene rings is 2. The third-order valence-electron chi connectivity index (χ3n) is 3.90. The Morgan fingerprint density at radius 3 is 2.10 bits per heavy atom. The number of ether oxygens (including phenoxy) is 4. The van der Waals surface area contributed by atoms with Crippen molar-refractivity contribution >= 4 is 24.2 Å². The maximum Gasteiger partial charge on any atom is 0.513 e. The number of carbonyl (C=O) groups is 2. The van der Waals surface area contributed by atoms with Crippen molar-refractivity contribution in [3.05, 3.63) is 53.6 Å². The third kappa shape index (κ3) is 8.79. The second-order valence-electron chi connectivity index (χ2n) is 6.26. The second-order valence-corrected chi connectivity index (χ2v) is 6.26. The van der Waals surface area contributed by atoms with Gasteiger partial charge in [0, 0.05) is 6.07 Å². The molecule has 0 saturated carbocycles. The molecule has 0 saturated heterocycles. The summed E-state index contributed by atoms with van der Waals surface area (Å²) in [4.78, 5) is 22.7. The van der Waals surface area contributed by atoms with Crippen molar-refractivity contribution in [2.24, 2.45) is 5.73 Å². The molecule has 0 atom stereocenters. The summed E-state index contributed by atoms with van der Waals surface area (Å²) in [6, 6.07) is 12.7. The van der Waals surface area contributed by atoms with Gasteiger partial charge >= 0.3 is 6.16 Å². The predicted octanol–water partition coefficient (Wildman–Crippen LogP) is 3.24. The molecule has 0 heterocycles. The number of rotatable bonds is 11. The maximum atomic E-state index is 11.7. The van der Waals surface area contributed by atoms with Crippen LogP contribution >= 0.6 is 0 Å². The van der Waals surface area contributed by atoms with E-state index in [2.05, 4.69) is 5.32 Å². The Balaban J connectivity index is 1.91. The standard InChI is InChI=1S/C23H28N2O6/c1-3-28-20-13-18(14-21(15-20)29-4-2)6-5-17-7-9-19(10-8-17)31-23(27)30-12-11-25-22(26)16-24/h5-10,13-15H,3-4,11-12,16,24H2,1-2H3,(H,25,26). The zero-order valence-corrected chi connectivity index (χ0v) is 17.8. The van der Waals surface area contributed by atoms with Crippen molar-refractivity contribution in [2.45, 2.75) is 13.8 Å². The van der Waals surface area contributed by atoms with E-state index in [9.17, 15) is 9.59 Å². The maximum absolute atomic E-state index is 11.7. The summed E-state index contributed by atoms with van der Waals surface area (Å²) in [7, 11) is 0. The summed E-state index contributed by atoms with van der Waals surface area (Å²) in [6.45, 7) is 5.07. The first-order chi connectivity index (χ1) is 15.0. The van der Waals surface area contributed by atoms with Crippen LogP contribution < -0.4 is 25.3 Å². The molecule has 31 heavy (non-hydrogen) atoms. The molecule has 2 aromatic carbocycles. The normalized spacial score (nSPS) is 10.5.